The average molecular weight is 293 g/mol. The van der Waals surface area contributed by atoms with Crippen LogP contribution in [0.15, 0.2) is 29.1 Å². The van der Waals surface area contributed by atoms with Crippen LogP contribution in [-0.2, 0) is 6.54 Å². The number of aromatic nitrogens is 1. The highest BCUT2D eigenvalue weighted by atomic mass is 32.1. The number of anilines is 1. The zero-order valence-electron chi connectivity index (χ0n) is 11.1. The van der Waals surface area contributed by atoms with E-state index in [-0.39, 0.29) is 11.5 Å². The van der Waals surface area contributed by atoms with E-state index < -0.39 is 5.82 Å². The Kier molecular flexibility index (Phi) is 5.06. The number of halogens is 1. The van der Waals surface area contributed by atoms with E-state index in [4.69, 9.17) is 0 Å². The Hall–Kier alpha value is -1.95. The lowest BCUT2D eigenvalue weighted by Gasteiger charge is -2.10. The maximum Gasteiger partial charge on any atom is 0.255 e. The molecule has 0 saturated heterocycles. The molecule has 0 radical (unpaired) electrons. The zero-order chi connectivity index (χ0) is 14.4. The third-order valence-electron chi connectivity index (χ3n) is 2.67. The third-order valence-corrected chi connectivity index (χ3v) is 3.41. The Bertz CT molecular complexity index is 572. The van der Waals surface area contributed by atoms with Gasteiger partial charge in [0.2, 0.25) is 0 Å². The molecular formula is C14H16FN3OS. The number of carbonyl (C=O) groups excluding carboxylic acids is 1. The van der Waals surface area contributed by atoms with Gasteiger partial charge in [0.05, 0.1) is 11.8 Å². The van der Waals surface area contributed by atoms with Crippen molar-refractivity contribution < 1.29 is 9.18 Å². The topological polar surface area (TPSA) is 54.0 Å². The van der Waals surface area contributed by atoms with Crippen molar-refractivity contribution in [3.63, 3.8) is 0 Å². The van der Waals surface area contributed by atoms with Gasteiger partial charge >= 0.3 is 0 Å². The monoisotopic (exact) mass is 293 g/mol. The Morgan fingerprint density at radius 3 is 3.05 bits per heavy atom. The number of pyridine rings is 1. The van der Waals surface area contributed by atoms with E-state index in [1.54, 1.807) is 11.3 Å². The second-order valence-electron chi connectivity index (χ2n) is 4.29. The number of hydrogen-bond acceptors (Lipinski definition) is 4. The molecule has 0 aromatic carbocycles. The highest BCUT2D eigenvalue weighted by Crippen LogP contribution is 2.14. The van der Waals surface area contributed by atoms with Crippen LogP contribution in [0.25, 0.3) is 0 Å². The van der Waals surface area contributed by atoms with E-state index in [0.717, 1.165) is 18.2 Å². The lowest BCUT2D eigenvalue weighted by Crippen LogP contribution is -2.24. The molecule has 20 heavy (non-hydrogen) atoms. The number of thiophene rings is 1. The molecule has 0 saturated carbocycles. The molecule has 0 aliphatic heterocycles. The summed E-state index contributed by atoms with van der Waals surface area (Å²) in [6.45, 7) is 3.11. The van der Waals surface area contributed by atoms with Crippen molar-refractivity contribution in [1.82, 2.24) is 10.3 Å². The third kappa shape index (κ3) is 3.77. The van der Waals surface area contributed by atoms with E-state index >= 15 is 0 Å². The van der Waals surface area contributed by atoms with Gasteiger partial charge in [0.15, 0.2) is 0 Å². The van der Waals surface area contributed by atoms with Crippen LogP contribution in [0.5, 0.6) is 0 Å². The summed E-state index contributed by atoms with van der Waals surface area (Å²) >= 11 is 1.57. The minimum atomic E-state index is -0.521. The van der Waals surface area contributed by atoms with E-state index in [0.29, 0.717) is 18.9 Å². The molecule has 2 rings (SSSR count). The normalized spacial score (nSPS) is 10.3. The van der Waals surface area contributed by atoms with Crippen molar-refractivity contribution in [3.8, 4) is 0 Å². The molecule has 2 N–H and O–H groups in total. The van der Waals surface area contributed by atoms with Gasteiger partial charge in [-0.05, 0) is 34.9 Å². The van der Waals surface area contributed by atoms with Crippen LogP contribution in [0.4, 0.5) is 10.2 Å². The molecule has 106 valence electrons. The molecule has 0 aliphatic carbocycles. The van der Waals surface area contributed by atoms with Gasteiger partial charge in [-0.1, -0.05) is 6.92 Å². The molecule has 6 heteroatoms. The number of amides is 1. The van der Waals surface area contributed by atoms with Crippen LogP contribution in [0.1, 0.15) is 29.3 Å². The predicted molar refractivity (Wildman–Crippen MR) is 78.5 cm³/mol. The molecule has 2 aromatic heterocycles. The fraction of sp³-hybridized carbons (Fsp3) is 0.286. The van der Waals surface area contributed by atoms with E-state index in [9.17, 15) is 9.18 Å². The van der Waals surface area contributed by atoms with Crippen LogP contribution in [0.3, 0.4) is 0 Å². The molecule has 2 aromatic rings. The van der Waals surface area contributed by atoms with Crippen molar-refractivity contribution in [2.24, 2.45) is 0 Å². The van der Waals surface area contributed by atoms with Crippen LogP contribution in [0.2, 0.25) is 0 Å². The minimum absolute atomic E-state index is 0.230. The summed E-state index contributed by atoms with van der Waals surface area (Å²) in [5.41, 5.74) is 1.25. The highest BCUT2D eigenvalue weighted by Gasteiger charge is 2.13. The van der Waals surface area contributed by atoms with Gasteiger partial charge in [-0.3, -0.25) is 4.79 Å². The summed E-state index contributed by atoms with van der Waals surface area (Å²) in [6, 6.07) is 3.14. The Labute approximate surface area is 121 Å². The maximum atomic E-state index is 13.3. The molecule has 0 fully saturated rings. The van der Waals surface area contributed by atoms with Gasteiger partial charge in [0.25, 0.3) is 5.91 Å². The molecule has 0 aliphatic rings. The van der Waals surface area contributed by atoms with Crippen molar-refractivity contribution in [3.05, 3.63) is 46.0 Å². The number of carbonyl (C=O) groups is 1. The summed E-state index contributed by atoms with van der Waals surface area (Å²) in [5.74, 6) is -0.439. The lowest BCUT2D eigenvalue weighted by atomic mass is 10.2. The van der Waals surface area contributed by atoms with Crippen LogP contribution < -0.4 is 10.6 Å². The van der Waals surface area contributed by atoms with Gasteiger partial charge in [-0.2, -0.15) is 11.3 Å². The summed E-state index contributed by atoms with van der Waals surface area (Å²) in [4.78, 5) is 16.1. The van der Waals surface area contributed by atoms with Gasteiger partial charge in [0.1, 0.15) is 11.6 Å². The highest BCUT2D eigenvalue weighted by molar-refractivity contribution is 7.07. The summed E-state index contributed by atoms with van der Waals surface area (Å²) in [5, 5.41) is 9.70. The quantitative estimate of drug-likeness (QED) is 0.860. The number of rotatable bonds is 6. The smallest absolute Gasteiger partial charge is 0.255 e. The SMILES string of the molecule is CCCNc1ncc(F)cc1C(=O)NCc1ccsc1. The van der Waals surface area contributed by atoms with Gasteiger partial charge in [-0.25, -0.2) is 9.37 Å². The zero-order valence-corrected chi connectivity index (χ0v) is 12.0. The fourth-order valence-corrected chi connectivity index (χ4v) is 2.34. The Balaban J connectivity index is 2.08. The van der Waals surface area contributed by atoms with Crippen LogP contribution >= 0.6 is 11.3 Å². The first-order valence-electron chi connectivity index (χ1n) is 6.39. The maximum absolute atomic E-state index is 13.3. The first-order chi connectivity index (χ1) is 9.70. The number of hydrogen-bond donors (Lipinski definition) is 2. The molecule has 0 bridgehead atoms. The van der Waals surface area contributed by atoms with Crippen LogP contribution in [-0.4, -0.2) is 17.4 Å². The lowest BCUT2D eigenvalue weighted by molar-refractivity contribution is 0.0951. The van der Waals surface area contributed by atoms with E-state index in [1.807, 2.05) is 23.8 Å². The molecule has 2 heterocycles. The number of nitrogens with one attached hydrogen (secondary N) is 2. The van der Waals surface area contributed by atoms with E-state index in [2.05, 4.69) is 15.6 Å². The second kappa shape index (κ2) is 7.00. The predicted octanol–water partition coefficient (Wildman–Crippen LogP) is 3.03. The minimum Gasteiger partial charge on any atom is -0.369 e. The van der Waals surface area contributed by atoms with Crippen molar-refractivity contribution in [2.45, 2.75) is 19.9 Å². The molecule has 1 amide bonds. The average Bonchev–Trinajstić information content (AvgIpc) is 2.96. The van der Waals surface area contributed by atoms with Gasteiger partial charge in [-0.15, -0.1) is 0 Å². The van der Waals surface area contributed by atoms with Crippen molar-refractivity contribution in [2.75, 3.05) is 11.9 Å². The van der Waals surface area contributed by atoms with Crippen molar-refractivity contribution >= 4 is 23.1 Å². The van der Waals surface area contributed by atoms with E-state index in [1.165, 1.54) is 6.07 Å². The standard InChI is InChI=1S/C14H16FN3OS/c1-2-4-16-13-12(6-11(15)8-17-13)14(19)18-7-10-3-5-20-9-10/h3,5-6,8-9H,2,4,7H2,1H3,(H,16,17)(H,18,19). The molecule has 0 atom stereocenters. The largest absolute Gasteiger partial charge is 0.369 e. The molecule has 4 nitrogen and oxygen atoms in total. The Morgan fingerprint density at radius 2 is 2.35 bits per heavy atom. The number of nitrogens with zero attached hydrogens (tertiary/aromatic N) is 1. The van der Waals surface area contributed by atoms with Crippen molar-refractivity contribution in [1.29, 1.82) is 0 Å². The fourth-order valence-electron chi connectivity index (χ4n) is 1.67. The molecular weight excluding hydrogens is 277 g/mol. The van der Waals surface area contributed by atoms with Gasteiger partial charge < -0.3 is 10.6 Å². The summed E-state index contributed by atoms with van der Waals surface area (Å²) in [7, 11) is 0. The van der Waals surface area contributed by atoms with Gasteiger partial charge in [0, 0.05) is 13.1 Å². The first kappa shape index (κ1) is 14.5. The van der Waals surface area contributed by atoms with Crippen LogP contribution in [0, 0.1) is 5.82 Å². The molecule has 0 unspecified atom stereocenters. The molecule has 0 spiro atoms. The first-order valence-corrected chi connectivity index (χ1v) is 7.33. The Morgan fingerprint density at radius 1 is 1.50 bits per heavy atom. The summed E-state index contributed by atoms with van der Waals surface area (Å²) < 4.78 is 13.3. The summed E-state index contributed by atoms with van der Waals surface area (Å²) in [6.07, 6.45) is 2.00. The second-order valence-corrected chi connectivity index (χ2v) is 5.07.